The van der Waals surface area contributed by atoms with Crippen molar-refractivity contribution in [1.82, 2.24) is 15.0 Å². The van der Waals surface area contributed by atoms with Crippen LogP contribution in [0, 0.1) is 0 Å². The smallest absolute Gasteiger partial charge is 0.326 e. The number of carbonyl (C=O) groups is 2. The fraction of sp³-hybridized carbons (Fsp3) is 0.0417. The number of urea groups is 2. The van der Waals surface area contributed by atoms with Crippen LogP contribution in [0.2, 0.25) is 0 Å². The fourth-order valence-corrected chi connectivity index (χ4v) is 2.93. The van der Waals surface area contributed by atoms with E-state index in [1.165, 1.54) is 0 Å². The molecule has 0 fully saturated rings. The van der Waals surface area contributed by atoms with Gasteiger partial charge < -0.3 is 15.4 Å². The molecule has 0 unspecified atom stereocenters. The topological polar surface area (TPSA) is 130 Å². The predicted molar refractivity (Wildman–Crippen MR) is 130 cm³/mol. The third kappa shape index (κ3) is 6.04. The number of benzene rings is 3. The highest BCUT2D eigenvalue weighted by atomic mass is 16.5. The van der Waals surface area contributed by atoms with E-state index in [-0.39, 0.29) is 17.7 Å². The molecule has 10 heteroatoms. The van der Waals surface area contributed by atoms with E-state index in [1.807, 2.05) is 12.1 Å². The van der Waals surface area contributed by atoms with Crippen LogP contribution in [0.1, 0.15) is 0 Å². The van der Waals surface area contributed by atoms with Gasteiger partial charge in [0, 0.05) is 16.9 Å². The first-order chi connectivity index (χ1) is 16.6. The Balaban J connectivity index is 1.57. The Bertz CT molecular complexity index is 1190. The highest BCUT2D eigenvalue weighted by Gasteiger charge is 2.14. The molecule has 170 valence electrons. The van der Waals surface area contributed by atoms with Gasteiger partial charge in [0.05, 0.1) is 7.11 Å². The average molecular weight is 455 g/mol. The predicted octanol–water partition coefficient (Wildman–Crippen LogP) is 4.84. The Morgan fingerprint density at radius 1 is 0.618 bits per heavy atom. The molecule has 3 aromatic carbocycles. The lowest BCUT2D eigenvalue weighted by molar-refractivity contribution is 0.261. The van der Waals surface area contributed by atoms with Crippen LogP contribution in [0.25, 0.3) is 11.4 Å². The minimum absolute atomic E-state index is 0.0377. The maximum atomic E-state index is 12.4. The van der Waals surface area contributed by atoms with E-state index in [0.29, 0.717) is 22.7 Å². The lowest BCUT2D eigenvalue weighted by atomic mass is 10.2. The van der Waals surface area contributed by atoms with E-state index in [9.17, 15) is 9.59 Å². The summed E-state index contributed by atoms with van der Waals surface area (Å²) in [4.78, 5) is 37.7. The summed E-state index contributed by atoms with van der Waals surface area (Å²) in [6.45, 7) is 0. The van der Waals surface area contributed by atoms with Crippen molar-refractivity contribution in [2.24, 2.45) is 0 Å². The zero-order chi connectivity index (χ0) is 23.8. The Morgan fingerprint density at radius 2 is 1.09 bits per heavy atom. The number of hydrogen-bond acceptors (Lipinski definition) is 6. The molecule has 10 nitrogen and oxygen atoms in total. The van der Waals surface area contributed by atoms with Crippen molar-refractivity contribution in [3.05, 3.63) is 84.9 Å². The molecular weight excluding hydrogens is 434 g/mol. The molecule has 0 atom stereocenters. The molecule has 0 bridgehead atoms. The van der Waals surface area contributed by atoms with Gasteiger partial charge in [0.1, 0.15) is 5.75 Å². The molecule has 0 saturated heterocycles. The fourth-order valence-electron chi connectivity index (χ4n) is 2.93. The molecule has 0 aliphatic heterocycles. The van der Waals surface area contributed by atoms with Crippen LogP contribution in [0.15, 0.2) is 84.9 Å². The molecule has 4 amide bonds. The van der Waals surface area contributed by atoms with Crippen molar-refractivity contribution >= 4 is 35.3 Å². The second-order valence-electron chi connectivity index (χ2n) is 6.93. The van der Waals surface area contributed by atoms with Gasteiger partial charge in [-0.1, -0.05) is 36.4 Å². The highest BCUT2D eigenvalue weighted by molar-refractivity contribution is 6.00. The van der Waals surface area contributed by atoms with Crippen LogP contribution in [-0.2, 0) is 0 Å². The highest BCUT2D eigenvalue weighted by Crippen LogP contribution is 2.21. The van der Waals surface area contributed by atoms with Gasteiger partial charge in [-0.2, -0.15) is 15.0 Å². The number of nitrogens with zero attached hydrogens (tertiary/aromatic N) is 3. The van der Waals surface area contributed by atoms with E-state index in [1.54, 1.807) is 79.9 Å². The van der Waals surface area contributed by atoms with E-state index in [4.69, 9.17) is 4.74 Å². The average Bonchev–Trinajstić information content (AvgIpc) is 2.85. The lowest BCUT2D eigenvalue weighted by Gasteiger charge is -2.11. The largest absolute Gasteiger partial charge is 0.497 e. The summed E-state index contributed by atoms with van der Waals surface area (Å²) in [6.07, 6.45) is 0. The van der Waals surface area contributed by atoms with Crippen molar-refractivity contribution in [2.45, 2.75) is 0 Å². The summed E-state index contributed by atoms with van der Waals surface area (Å²) in [5, 5.41) is 10.5. The molecule has 0 saturated carbocycles. The van der Waals surface area contributed by atoms with Crippen molar-refractivity contribution in [3.63, 3.8) is 0 Å². The van der Waals surface area contributed by atoms with Gasteiger partial charge in [0.15, 0.2) is 5.82 Å². The molecule has 0 spiro atoms. The molecule has 4 rings (SSSR count). The van der Waals surface area contributed by atoms with E-state index in [2.05, 4.69) is 36.2 Å². The monoisotopic (exact) mass is 455 g/mol. The number of amides is 4. The maximum Gasteiger partial charge on any atom is 0.326 e. The Hall–Kier alpha value is -4.99. The third-order valence-corrected chi connectivity index (χ3v) is 4.50. The van der Waals surface area contributed by atoms with E-state index < -0.39 is 12.1 Å². The maximum absolute atomic E-state index is 12.4. The third-order valence-electron chi connectivity index (χ3n) is 4.50. The van der Waals surface area contributed by atoms with Crippen LogP contribution in [0.4, 0.5) is 32.9 Å². The second kappa shape index (κ2) is 10.6. The minimum atomic E-state index is -0.544. The van der Waals surface area contributed by atoms with Crippen LogP contribution in [0.3, 0.4) is 0 Å². The van der Waals surface area contributed by atoms with Crippen molar-refractivity contribution < 1.29 is 14.3 Å². The lowest BCUT2D eigenvalue weighted by Crippen LogP contribution is -2.24. The van der Waals surface area contributed by atoms with Gasteiger partial charge in [-0.3, -0.25) is 10.6 Å². The second-order valence-corrected chi connectivity index (χ2v) is 6.93. The van der Waals surface area contributed by atoms with Crippen LogP contribution in [0.5, 0.6) is 5.75 Å². The number of aromatic nitrogens is 3. The van der Waals surface area contributed by atoms with Gasteiger partial charge in [0.2, 0.25) is 11.9 Å². The minimum Gasteiger partial charge on any atom is -0.497 e. The van der Waals surface area contributed by atoms with Gasteiger partial charge in [0.25, 0.3) is 0 Å². The molecule has 4 aromatic rings. The molecule has 0 aliphatic rings. The standard InChI is InChI=1S/C24H21N7O3/c1-34-19-14-12-16(13-15-19)20-27-21(30-23(32)25-17-8-4-2-5-9-17)29-22(28-20)31-24(33)26-18-10-6-3-7-11-18/h2-15H,1H3,(H4,25,26,27,28,29,30,31,32,33). The molecule has 34 heavy (non-hydrogen) atoms. The normalized spacial score (nSPS) is 10.1. The number of para-hydroxylation sites is 2. The Morgan fingerprint density at radius 3 is 1.53 bits per heavy atom. The zero-order valence-electron chi connectivity index (χ0n) is 18.1. The number of methoxy groups -OCH3 is 1. The van der Waals surface area contributed by atoms with E-state index >= 15 is 0 Å². The van der Waals surface area contributed by atoms with Gasteiger partial charge in [-0.15, -0.1) is 0 Å². The van der Waals surface area contributed by atoms with Crippen LogP contribution >= 0.6 is 0 Å². The van der Waals surface area contributed by atoms with E-state index in [0.717, 1.165) is 0 Å². The number of nitrogens with one attached hydrogen (secondary N) is 4. The van der Waals surface area contributed by atoms with Crippen LogP contribution < -0.4 is 26.0 Å². The molecular formula is C24H21N7O3. The summed E-state index contributed by atoms with van der Waals surface area (Å²) in [5.74, 6) is 0.843. The van der Waals surface area contributed by atoms with Crippen molar-refractivity contribution in [2.75, 3.05) is 28.4 Å². The molecule has 1 heterocycles. The Labute approximate surface area is 195 Å². The van der Waals surface area contributed by atoms with Crippen LogP contribution in [-0.4, -0.2) is 34.1 Å². The zero-order valence-corrected chi connectivity index (χ0v) is 18.1. The van der Waals surface area contributed by atoms with Crippen molar-refractivity contribution in [3.8, 4) is 17.1 Å². The number of rotatable bonds is 6. The summed E-state index contributed by atoms with van der Waals surface area (Å²) in [6, 6.07) is 23.8. The van der Waals surface area contributed by atoms with Gasteiger partial charge in [-0.05, 0) is 48.5 Å². The molecule has 0 radical (unpaired) electrons. The Kier molecular flexibility index (Phi) is 6.89. The SMILES string of the molecule is COc1ccc(-c2nc(NC(=O)Nc3ccccc3)nc(NC(=O)Nc3ccccc3)n2)cc1. The number of carbonyl (C=O) groups excluding carboxylic acids is 2. The number of ether oxygens (including phenoxy) is 1. The number of hydrogen-bond donors (Lipinski definition) is 4. The van der Waals surface area contributed by atoms with Gasteiger partial charge >= 0.3 is 12.1 Å². The summed E-state index contributed by atoms with van der Waals surface area (Å²) in [7, 11) is 1.57. The molecule has 1 aromatic heterocycles. The first-order valence-corrected chi connectivity index (χ1v) is 10.3. The van der Waals surface area contributed by atoms with Crippen molar-refractivity contribution in [1.29, 1.82) is 0 Å². The van der Waals surface area contributed by atoms with Gasteiger partial charge in [-0.25, -0.2) is 9.59 Å². The number of anilines is 4. The molecule has 4 N–H and O–H groups in total. The summed E-state index contributed by atoms with van der Waals surface area (Å²) >= 11 is 0. The summed E-state index contributed by atoms with van der Waals surface area (Å²) in [5.41, 5.74) is 1.84. The quantitative estimate of drug-likeness (QED) is 0.329. The first kappa shape index (κ1) is 22.2. The summed E-state index contributed by atoms with van der Waals surface area (Å²) < 4.78 is 5.19. The first-order valence-electron chi connectivity index (χ1n) is 10.3. The molecule has 0 aliphatic carbocycles.